The standard InChI is InChI=1S/C25H33N5/c1-20-9-6-12-23(27-20)17-26-15-4-5-16-30(18-24-13-7-10-21(2)28-24)19-25-14-8-11-22(3)29-25/h6-14,26H,4-5,15-19H2,1-3H3. The van der Waals surface area contributed by atoms with Gasteiger partial charge < -0.3 is 5.32 Å². The van der Waals surface area contributed by atoms with Crippen LogP contribution in [0.15, 0.2) is 54.6 Å². The van der Waals surface area contributed by atoms with Crippen LogP contribution in [0.2, 0.25) is 0 Å². The highest BCUT2D eigenvalue weighted by Gasteiger charge is 2.09. The Morgan fingerprint density at radius 2 is 1.17 bits per heavy atom. The van der Waals surface area contributed by atoms with Gasteiger partial charge in [0.2, 0.25) is 0 Å². The molecule has 0 atom stereocenters. The first-order valence-corrected chi connectivity index (χ1v) is 10.8. The van der Waals surface area contributed by atoms with Crippen molar-refractivity contribution in [1.82, 2.24) is 25.2 Å². The van der Waals surface area contributed by atoms with E-state index in [4.69, 9.17) is 0 Å². The third-order valence-corrected chi connectivity index (χ3v) is 4.99. The van der Waals surface area contributed by atoms with Gasteiger partial charge in [0.25, 0.3) is 0 Å². The van der Waals surface area contributed by atoms with Crippen molar-refractivity contribution < 1.29 is 0 Å². The van der Waals surface area contributed by atoms with Gasteiger partial charge in [0.05, 0.1) is 17.1 Å². The number of unbranched alkanes of at least 4 members (excludes halogenated alkanes) is 1. The molecule has 0 aliphatic carbocycles. The summed E-state index contributed by atoms with van der Waals surface area (Å²) in [4.78, 5) is 16.4. The SMILES string of the molecule is Cc1cccc(CNCCCCN(Cc2cccc(C)n2)Cc2cccc(C)n2)n1. The average Bonchev–Trinajstić information content (AvgIpc) is 2.70. The number of pyridine rings is 3. The van der Waals surface area contributed by atoms with E-state index in [9.17, 15) is 0 Å². The van der Waals surface area contributed by atoms with Crippen molar-refractivity contribution in [1.29, 1.82) is 0 Å². The molecule has 5 nitrogen and oxygen atoms in total. The van der Waals surface area contributed by atoms with Crippen molar-refractivity contribution >= 4 is 0 Å². The Morgan fingerprint density at radius 3 is 1.70 bits per heavy atom. The highest BCUT2D eigenvalue weighted by molar-refractivity contribution is 5.12. The fraction of sp³-hybridized carbons (Fsp3) is 0.400. The molecule has 0 aliphatic rings. The van der Waals surface area contributed by atoms with Gasteiger partial charge in [-0.05, 0) is 83.1 Å². The van der Waals surface area contributed by atoms with E-state index in [0.29, 0.717) is 0 Å². The molecule has 0 amide bonds. The maximum atomic E-state index is 4.69. The van der Waals surface area contributed by atoms with Crippen LogP contribution in [0.1, 0.15) is 47.0 Å². The quantitative estimate of drug-likeness (QED) is 0.482. The van der Waals surface area contributed by atoms with Crippen molar-refractivity contribution in [3.8, 4) is 0 Å². The Hall–Kier alpha value is -2.63. The zero-order valence-corrected chi connectivity index (χ0v) is 18.4. The number of aromatic nitrogens is 3. The van der Waals surface area contributed by atoms with E-state index >= 15 is 0 Å². The molecule has 0 radical (unpaired) electrons. The molecule has 3 heterocycles. The van der Waals surface area contributed by atoms with Crippen LogP contribution >= 0.6 is 0 Å². The molecule has 30 heavy (non-hydrogen) atoms. The molecule has 0 saturated carbocycles. The molecule has 0 spiro atoms. The molecule has 5 heteroatoms. The third kappa shape index (κ3) is 7.65. The monoisotopic (exact) mass is 403 g/mol. The Kier molecular flexibility index (Phi) is 8.48. The second kappa shape index (κ2) is 11.5. The zero-order valence-electron chi connectivity index (χ0n) is 18.4. The molecule has 3 aromatic heterocycles. The normalized spacial score (nSPS) is 11.2. The van der Waals surface area contributed by atoms with Crippen molar-refractivity contribution in [2.45, 2.75) is 53.2 Å². The molecule has 158 valence electrons. The molecular weight excluding hydrogens is 370 g/mol. The summed E-state index contributed by atoms with van der Waals surface area (Å²) in [6, 6.07) is 18.7. The molecule has 0 saturated heterocycles. The van der Waals surface area contributed by atoms with Gasteiger partial charge in [-0.15, -0.1) is 0 Å². The molecule has 0 bridgehead atoms. The minimum atomic E-state index is 0.825. The Bertz CT molecular complexity index is 877. The summed E-state index contributed by atoms with van der Waals surface area (Å²) in [6.45, 7) is 10.7. The number of nitrogens with one attached hydrogen (secondary N) is 1. The van der Waals surface area contributed by atoms with Crippen molar-refractivity contribution in [2.24, 2.45) is 0 Å². The molecule has 1 N–H and O–H groups in total. The number of hydrogen-bond acceptors (Lipinski definition) is 5. The summed E-state index contributed by atoms with van der Waals surface area (Å²) >= 11 is 0. The van der Waals surface area contributed by atoms with Gasteiger partial charge in [0, 0.05) is 36.7 Å². The van der Waals surface area contributed by atoms with Gasteiger partial charge in [-0.3, -0.25) is 19.9 Å². The summed E-state index contributed by atoms with van der Waals surface area (Å²) in [6.07, 6.45) is 2.26. The lowest BCUT2D eigenvalue weighted by Crippen LogP contribution is -2.26. The number of aryl methyl sites for hydroxylation is 3. The Balaban J connectivity index is 1.48. The average molecular weight is 404 g/mol. The van der Waals surface area contributed by atoms with Gasteiger partial charge in [0.15, 0.2) is 0 Å². The van der Waals surface area contributed by atoms with Crippen molar-refractivity contribution in [3.63, 3.8) is 0 Å². The Morgan fingerprint density at radius 1 is 0.667 bits per heavy atom. The molecule has 3 rings (SSSR count). The lowest BCUT2D eigenvalue weighted by Gasteiger charge is -2.22. The van der Waals surface area contributed by atoms with E-state index in [1.54, 1.807) is 0 Å². The summed E-state index contributed by atoms with van der Waals surface area (Å²) in [7, 11) is 0. The Labute approximate surface area is 180 Å². The van der Waals surface area contributed by atoms with Crippen LogP contribution in [0, 0.1) is 20.8 Å². The highest BCUT2D eigenvalue weighted by atomic mass is 15.1. The van der Waals surface area contributed by atoms with E-state index in [1.807, 2.05) is 39.0 Å². The molecule has 3 aromatic rings. The predicted molar refractivity (Wildman–Crippen MR) is 122 cm³/mol. The largest absolute Gasteiger partial charge is 0.311 e. The first-order chi connectivity index (χ1) is 14.6. The first-order valence-electron chi connectivity index (χ1n) is 10.8. The van der Waals surface area contributed by atoms with Crippen LogP contribution in [0.25, 0.3) is 0 Å². The maximum absolute atomic E-state index is 4.69. The first kappa shape index (κ1) is 22.1. The maximum Gasteiger partial charge on any atom is 0.0547 e. The van der Waals surface area contributed by atoms with Gasteiger partial charge >= 0.3 is 0 Å². The van der Waals surface area contributed by atoms with E-state index in [1.165, 1.54) is 0 Å². The van der Waals surface area contributed by atoms with Gasteiger partial charge in [0.1, 0.15) is 0 Å². The minimum absolute atomic E-state index is 0.825. The second-order valence-electron chi connectivity index (χ2n) is 7.91. The fourth-order valence-corrected chi connectivity index (χ4v) is 3.55. The fourth-order valence-electron chi connectivity index (χ4n) is 3.55. The molecule has 0 fully saturated rings. The van der Waals surface area contributed by atoms with Crippen LogP contribution in [-0.2, 0) is 19.6 Å². The van der Waals surface area contributed by atoms with E-state index < -0.39 is 0 Å². The van der Waals surface area contributed by atoms with Gasteiger partial charge in [-0.1, -0.05) is 18.2 Å². The molecular formula is C25H33N5. The molecule has 0 aliphatic heterocycles. The number of hydrogen-bond donors (Lipinski definition) is 1. The van der Waals surface area contributed by atoms with Crippen molar-refractivity contribution in [2.75, 3.05) is 13.1 Å². The summed E-state index contributed by atoms with van der Waals surface area (Å²) in [5, 5.41) is 3.51. The minimum Gasteiger partial charge on any atom is -0.311 e. The topological polar surface area (TPSA) is 53.9 Å². The third-order valence-electron chi connectivity index (χ3n) is 4.99. The van der Waals surface area contributed by atoms with Crippen molar-refractivity contribution in [3.05, 3.63) is 88.8 Å². The second-order valence-corrected chi connectivity index (χ2v) is 7.91. The molecule has 0 aromatic carbocycles. The highest BCUT2D eigenvalue weighted by Crippen LogP contribution is 2.10. The van der Waals surface area contributed by atoms with Crippen LogP contribution in [0.5, 0.6) is 0 Å². The van der Waals surface area contributed by atoms with Gasteiger partial charge in [-0.25, -0.2) is 0 Å². The smallest absolute Gasteiger partial charge is 0.0547 e. The summed E-state index contributed by atoms with van der Waals surface area (Å²) in [5.74, 6) is 0. The molecule has 0 unspecified atom stereocenters. The van der Waals surface area contributed by atoms with Crippen LogP contribution in [0.4, 0.5) is 0 Å². The lowest BCUT2D eigenvalue weighted by atomic mass is 10.2. The predicted octanol–water partition coefficient (Wildman–Crippen LogP) is 4.37. The van der Waals surface area contributed by atoms with E-state index in [0.717, 1.165) is 79.7 Å². The van der Waals surface area contributed by atoms with Crippen LogP contribution < -0.4 is 5.32 Å². The number of nitrogens with zero attached hydrogens (tertiary/aromatic N) is 4. The van der Waals surface area contributed by atoms with Crippen LogP contribution in [-0.4, -0.2) is 32.9 Å². The van der Waals surface area contributed by atoms with Crippen LogP contribution in [0.3, 0.4) is 0 Å². The summed E-state index contributed by atoms with van der Waals surface area (Å²) < 4.78 is 0. The number of rotatable bonds is 11. The van der Waals surface area contributed by atoms with Gasteiger partial charge in [-0.2, -0.15) is 0 Å². The summed E-state index contributed by atoms with van der Waals surface area (Å²) in [5.41, 5.74) is 6.54. The van der Waals surface area contributed by atoms with E-state index in [-0.39, 0.29) is 0 Å². The van der Waals surface area contributed by atoms with E-state index in [2.05, 4.69) is 61.6 Å². The lowest BCUT2D eigenvalue weighted by molar-refractivity contribution is 0.245. The zero-order chi connectivity index (χ0) is 21.2.